The number of halogens is 1. The molecule has 0 fully saturated rings. The monoisotopic (exact) mass is 418 g/mol. The largest absolute Gasteiger partial charge is 0.478 e. The van der Waals surface area contributed by atoms with Gasteiger partial charge in [0.25, 0.3) is 0 Å². The maximum Gasteiger partial charge on any atom is 0.335 e. The number of carboxylic acids is 1. The van der Waals surface area contributed by atoms with Gasteiger partial charge in [0.15, 0.2) is 0 Å². The quantitative estimate of drug-likeness (QED) is 0.593. The van der Waals surface area contributed by atoms with E-state index in [9.17, 15) is 14.4 Å². The number of carbonyl (C=O) groups excluding carboxylic acids is 2. The highest BCUT2D eigenvalue weighted by atomic mass is 35.5. The Morgan fingerprint density at radius 3 is 2.28 bits per heavy atom. The molecule has 2 rings (SSSR count). The van der Waals surface area contributed by atoms with Crippen molar-refractivity contribution in [3.63, 3.8) is 0 Å². The Kier molecular flexibility index (Phi) is 7.36. The molecule has 0 aromatic heterocycles. The maximum atomic E-state index is 12.1. The molecular weight excluding hydrogens is 396 g/mol. The molecule has 7 nitrogen and oxygen atoms in total. The van der Waals surface area contributed by atoms with Gasteiger partial charge < -0.3 is 15.2 Å². The third-order valence-electron chi connectivity index (χ3n) is 3.67. The minimum absolute atomic E-state index is 0.0650. The molecule has 0 bridgehead atoms. The van der Waals surface area contributed by atoms with Crippen molar-refractivity contribution in [3.05, 3.63) is 53.1 Å². The summed E-state index contributed by atoms with van der Waals surface area (Å²) < 4.78 is 5.15. The molecule has 8 heteroatoms. The van der Waals surface area contributed by atoms with Crippen LogP contribution in [0.15, 0.2) is 42.5 Å². The Balaban J connectivity index is 1.98. The Labute approximate surface area is 174 Å². The number of aromatic carboxylic acids is 1. The van der Waals surface area contributed by atoms with E-state index in [1.807, 2.05) is 0 Å². The number of benzene rings is 2. The Morgan fingerprint density at radius 1 is 1.03 bits per heavy atom. The third-order valence-corrected chi connectivity index (χ3v) is 4.00. The lowest BCUT2D eigenvalue weighted by Gasteiger charge is -2.19. The van der Waals surface area contributed by atoms with Crippen LogP contribution in [0.1, 0.15) is 31.1 Å². The number of carbonyl (C=O) groups is 3. The molecule has 2 aromatic rings. The standard InChI is InChI=1S/C21H23ClN2O5/c1-21(2,3)29-19(26)12-23-11-18(25)24-15-8-9-17(22)16(10-15)13-4-6-14(7-5-13)20(27)28/h4-10,23H,11-12H2,1-3H3,(H,24,25)(H,27,28). The van der Waals surface area contributed by atoms with Gasteiger partial charge in [-0.05, 0) is 56.7 Å². The summed E-state index contributed by atoms with van der Waals surface area (Å²) in [4.78, 5) is 34.7. The first-order chi connectivity index (χ1) is 13.5. The number of rotatable bonds is 7. The second kappa shape index (κ2) is 9.54. The first kappa shape index (κ1) is 22.4. The van der Waals surface area contributed by atoms with Gasteiger partial charge in [-0.15, -0.1) is 0 Å². The van der Waals surface area contributed by atoms with Crippen LogP contribution in [0.25, 0.3) is 11.1 Å². The Hall–Kier alpha value is -2.90. The van der Waals surface area contributed by atoms with Crippen molar-refractivity contribution >= 4 is 35.1 Å². The zero-order chi connectivity index (χ0) is 21.6. The van der Waals surface area contributed by atoms with Gasteiger partial charge in [-0.2, -0.15) is 0 Å². The van der Waals surface area contributed by atoms with E-state index in [4.69, 9.17) is 21.4 Å². The lowest BCUT2D eigenvalue weighted by Crippen LogP contribution is -2.35. The van der Waals surface area contributed by atoms with Crippen LogP contribution in [0.4, 0.5) is 5.69 Å². The van der Waals surface area contributed by atoms with E-state index in [-0.39, 0.29) is 24.6 Å². The molecule has 0 aliphatic carbocycles. The van der Waals surface area contributed by atoms with Crippen molar-refractivity contribution in [2.75, 3.05) is 18.4 Å². The predicted molar refractivity (Wildman–Crippen MR) is 111 cm³/mol. The summed E-state index contributed by atoms with van der Waals surface area (Å²) in [6.07, 6.45) is 0. The number of hydrogen-bond acceptors (Lipinski definition) is 5. The molecule has 0 heterocycles. The lowest BCUT2D eigenvalue weighted by molar-refractivity contribution is -0.153. The summed E-state index contributed by atoms with van der Waals surface area (Å²) in [5.41, 5.74) is 1.49. The van der Waals surface area contributed by atoms with Crippen LogP contribution in [0, 0.1) is 0 Å². The van der Waals surface area contributed by atoms with E-state index in [1.165, 1.54) is 12.1 Å². The lowest BCUT2D eigenvalue weighted by atomic mass is 10.0. The van der Waals surface area contributed by atoms with Gasteiger partial charge in [0.2, 0.25) is 5.91 Å². The molecule has 0 aliphatic heterocycles. The topological polar surface area (TPSA) is 105 Å². The minimum Gasteiger partial charge on any atom is -0.478 e. The highest BCUT2D eigenvalue weighted by Gasteiger charge is 2.16. The summed E-state index contributed by atoms with van der Waals surface area (Å²) in [6.45, 7) is 5.16. The third kappa shape index (κ3) is 7.21. The van der Waals surface area contributed by atoms with Gasteiger partial charge in [-0.3, -0.25) is 14.9 Å². The van der Waals surface area contributed by atoms with Crippen LogP contribution >= 0.6 is 11.6 Å². The number of carboxylic acid groups (broad SMARTS) is 1. The average molecular weight is 419 g/mol. The number of esters is 1. The molecule has 154 valence electrons. The van der Waals surface area contributed by atoms with Crippen molar-refractivity contribution in [1.29, 1.82) is 0 Å². The fourth-order valence-corrected chi connectivity index (χ4v) is 2.70. The fourth-order valence-electron chi connectivity index (χ4n) is 2.48. The molecule has 0 spiro atoms. The van der Waals surface area contributed by atoms with Crippen LogP contribution < -0.4 is 10.6 Å². The van der Waals surface area contributed by atoms with E-state index in [0.717, 1.165) is 5.56 Å². The molecule has 29 heavy (non-hydrogen) atoms. The number of nitrogens with one attached hydrogen (secondary N) is 2. The van der Waals surface area contributed by atoms with E-state index in [2.05, 4.69) is 10.6 Å². The normalized spacial score (nSPS) is 11.0. The zero-order valence-electron chi connectivity index (χ0n) is 16.4. The second-order valence-electron chi connectivity index (χ2n) is 7.32. The van der Waals surface area contributed by atoms with Gasteiger partial charge in [0, 0.05) is 16.3 Å². The molecule has 0 unspecified atom stereocenters. The summed E-state index contributed by atoms with van der Waals surface area (Å²) in [6, 6.07) is 11.3. The maximum absolute atomic E-state index is 12.1. The zero-order valence-corrected chi connectivity index (χ0v) is 17.2. The molecule has 0 saturated heterocycles. The van der Waals surface area contributed by atoms with E-state index in [1.54, 1.807) is 51.1 Å². The highest BCUT2D eigenvalue weighted by molar-refractivity contribution is 6.33. The van der Waals surface area contributed by atoms with E-state index in [0.29, 0.717) is 16.3 Å². The predicted octanol–water partition coefficient (Wildman–Crippen LogP) is 3.58. The van der Waals surface area contributed by atoms with Crippen molar-refractivity contribution in [2.45, 2.75) is 26.4 Å². The molecule has 2 aromatic carbocycles. The molecule has 0 atom stereocenters. The van der Waals surface area contributed by atoms with Crippen LogP contribution in [-0.2, 0) is 14.3 Å². The SMILES string of the molecule is CC(C)(C)OC(=O)CNCC(=O)Nc1ccc(Cl)c(-c2ccc(C(=O)O)cc2)c1. The molecular formula is C21H23ClN2O5. The first-order valence-electron chi connectivity index (χ1n) is 8.91. The second-order valence-corrected chi connectivity index (χ2v) is 7.72. The number of hydrogen-bond donors (Lipinski definition) is 3. The van der Waals surface area contributed by atoms with Crippen LogP contribution in [-0.4, -0.2) is 41.6 Å². The number of amides is 1. The van der Waals surface area contributed by atoms with Crippen molar-refractivity contribution in [2.24, 2.45) is 0 Å². The van der Waals surface area contributed by atoms with Crippen molar-refractivity contribution in [1.82, 2.24) is 5.32 Å². The Morgan fingerprint density at radius 2 is 1.69 bits per heavy atom. The number of ether oxygens (including phenoxy) is 1. The molecule has 0 aliphatic rings. The van der Waals surface area contributed by atoms with Crippen molar-refractivity contribution in [3.8, 4) is 11.1 Å². The molecule has 0 saturated carbocycles. The highest BCUT2D eigenvalue weighted by Crippen LogP contribution is 2.30. The summed E-state index contributed by atoms with van der Waals surface area (Å²) in [7, 11) is 0. The minimum atomic E-state index is -1.01. The van der Waals surface area contributed by atoms with Crippen LogP contribution in [0.3, 0.4) is 0 Å². The van der Waals surface area contributed by atoms with E-state index >= 15 is 0 Å². The molecule has 0 radical (unpaired) electrons. The van der Waals surface area contributed by atoms with Crippen LogP contribution in [0.5, 0.6) is 0 Å². The molecule has 1 amide bonds. The average Bonchev–Trinajstić information content (AvgIpc) is 2.62. The summed E-state index contributed by atoms with van der Waals surface area (Å²) in [5.74, 6) is -1.78. The Bertz CT molecular complexity index is 904. The number of anilines is 1. The molecule has 3 N–H and O–H groups in total. The summed E-state index contributed by atoms with van der Waals surface area (Å²) in [5, 5.41) is 14.9. The first-order valence-corrected chi connectivity index (χ1v) is 9.28. The van der Waals surface area contributed by atoms with Gasteiger partial charge in [-0.1, -0.05) is 23.7 Å². The fraction of sp³-hybridized carbons (Fsp3) is 0.286. The van der Waals surface area contributed by atoms with Crippen LogP contribution in [0.2, 0.25) is 5.02 Å². The van der Waals surface area contributed by atoms with E-state index < -0.39 is 17.5 Å². The van der Waals surface area contributed by atoms with Gasteiger partial charge in [0.1, 0.15) is 5.60 Å². The van der Waals surface area contributed by atoms with Gasteiger partial charge in [-0.25, -0.2) is 4.79 Å². The van der Waals surface area contributed by atoms with Gasteiger partial charge >= 0.3 is 11.9 Å². The summed E-state index contributed by atoms with van der Waals surface area (Å²) >= 11 is 6.25. The smallest absolute Gasteiger partial charge is 0.335 e. The van der Waals surface area contributed by atoms with Crippen molar-refractivity contribution < 1.29 is 24.2 Å². The van der Waals surface area contributed by atoms with Gasteiger partial charge in [0.05, 0.1) is 18.7 Å².